The van der Waals surface area contributed by atoms with Crippen molar-refractivity contribution in [3.05, 3.63) is 29.3 Å². The molecule has 3 amide bonds. The van der Waals surface area contributed by atoms with E-state index in [4.69, 9.17) is 11.6 Å². The number of amides is 3. The third-order valence-corrected chi connectivity index (χ3v) is 7.66. The third-order valence-electron chi connectivity index (χ3n) is 7.43. The zero-order valence-corrected chi connectivity index (χ0v) is 20.7. The van der Waals surface area contributed by atoms with Gasteiger partial charge in [0.15, 0.2) is 0 Å². The van der Waals surface area contributed by atoms with E-state index in [1.54, 1.807) is 31.2 Å². The summed E-state index contributed by atoms with van der Waals surface area (Å²) < 4.78 is 29.8. The maximum atomic E-state index is 14.9. The number of halogens is 3. The maximum absolute atomic E-state index is 14.9. The number of hydrogen-bond donors (Lipinski definition) is 3. The summed E-state index contributed by atoms with van der Waals surface area (Å²) in [6.45, 7) is 2.18. The number of nitrogens with zero attached hydrogens (tertiary/aromatic N) is 2. The summed E-state index contributed by atoms with van der Waals surface area (Å²) in [4.78, 5) is 40.3. The number of carbonyl (C=O) groups excluding carboxylic acids is 3. The van der Waals surface area contributed by atoms with Gasteiger partial charge in [0.2, 0.25) is 17.7 Å². The van der Waals surface area contributed by atoms with Gasteiger partial charge in [-0.2, -0.15) is 5.26 Å². The lowest BCUT2D eigenvalue weighted by Crippen LogP contribution is -2.70. The quantitative estimate of drug-likeness (QED) is 0.510. The molecule has 4 aliphatic rings. The van der Waals surface area contributed by atoms with Crippen molar-refractivity contribution < 1.29 is 23.2 Å². The average Bonchev–Trinajstić information content (AvgIpc) is 2.83. The van der Waals surface area contributed by atoms with E-state index in [-0.39, 0.29) is 18.7 Å². The van der Waals surface area contributed by atoms with Gasteiger partial charge in [-0.1, -0.05) is 17.7 Å². The van der Waals surface area contributed by atoms with Crippen LogP contribution < -0.4 is 16.0 Å². The van der Waals surface area contributed by atoms with Gasteiger partial charge in [-0.05, 0) is 57.2 Å². The van der Waals surface area contributed by atoms with Gasteiger partial charge in [-0.25, -0.2) is 8.78 Å². The fourth-order valence-electron chi connectivity index (χ4n) is 5.68. The molecule has 4 fully saturated rings. The summed E-state index contributed by atoms with van der Waals surface area (Å²) in [5.74, 6) is -6.32. The molecule has 0 aromatic heterocycles. The summed E-state index contributed by atoms with van der Waals surface area (Å²) in [6, 6.07) is 4.74. The Morgan fingerprint density at radius 1 is 1.33 bits per heavy atom. The van der Waals surface area contributed by atoms with Crippen LogP contribution in [0.15, 0.2) is 24.3 Å². The normalized spacial score (nSPS) is 28.4. The predicted molar refractivity (Wildman–Crippen MR) is 129 cm³/mol. The molecule has 3 saturated heterocycles. The summed E-state index contributed by atoms with van der Waals surface area (Å²) in [5, 5.41) is 18.4. The summed E-state index contributed by atoms with van der Waals surface area (Å²) in [6.07, 6.45) is 1.43. The highest BCUT2D eigenvalue weighted by atomic mass is 35.5. The standard InChI is InChI=1S/C25H30ClF2N5O3/c1-14(31-17-6-2-5-16(26)11-17)24(36)33-19-7-8-20(25(27,28)12-19)21(33)23(35)32-18(13-29)10-15-4-3-9-30-22(15)34/h2,5-6,11,14-15,18-21,31H,3-4,7-10,12H2,1H3,(H,30,34)(H,32,35)/t14-,15+,18+,19+,20+,21-/m1/s1. The molecular weight excluding hydrogens is 492 g/mol. The maximum Gasteiger partial charge on any atom is 0.255 e. The fraction of sp³-hybridized carbons (Fsp3) is 0.600. The molecule has 1 aromatic rings. The van der Waals surface area contributed by atoms with Gasteiger partial charge >= 0.3 is 0 Å². The summed E-state index contributed by atoms with van der Waals surface area (Å²) in [7, 11) is 0. The molecule has 11 heteroatoms. The van der Waals surface area contributed by atoms with Crippen molar-refractivity contribution >= 4 is 35.0 Å². The molecule has 1 aliphatic carbocycles. The van der Waals surface area contributed by atoms with Gasteiger partial charge in [0, 0.05) is 35.6 Å². The van der Waals surface area contributed by atoms with E-state index in [1.165, 1.54) is 4.90 Å². The first-order valence-corrected chi connectivity index (χ1v) is 12.7. The Morgan fingerprint density at radius 3 is 2.78 bits per heavy atom. The van der Waals surface area contributed by atoms with Crippen LogP contribution in [-0.2, 0) is 14.4 Å². The molecule has 1 aromatic carbocycles. The van der Waals surface area contributed by atoms with Gasteiger partial charge in [0.05, 0.1) is 12.0 Å². The number of rotatable bonds is 7. The molecule has 0 radical (unpaired) electrons. The zero-order chi connectivity index (χ0) is 26.0. The number of benzene rings is 1. The number of fused-ring (bicyclic) bond motifs is 3. The molecule has 0 unspecified atom stereocenters. The van der Waals surface area contributed by atoms with E-state index in [1.807, 2.05) is 6.07 Å². The van der Waals surface area contributed by atoms with Gasteiger partial charge in [0.25, 0.3) is 5.92 Å². The first-order valence-electron chi connectivity index (χ1n) is 12.3. The average molecular weight is 522 g/mol. The Kier molecular flexibility index (Phi) is 7.69. The largest absolute Gasteiger partial charge is 0.374 e. The smallest absolute Gasteiger partial charge is 0.255 e. The minimum Gasteiger partial charge on any atom is -0.374 e. The highest BCUT2D eigenvalue weighted by Gasteiger charge is 2.60. The third kappa shape index (κ3) is 5.41. The molecule has 2 bridgehead atoms. The lowest BCUT2D eigenvalue weighted by molar-refractivity contribution is -0.194. The van der Waals surface area contributed by atoms with Gasteiger partial charge < -0.3 is 20.9 Å². The predicted octanol–water partition coefficient (Wildman–Crippen LogP) is 3.08. The minimum absolute atomic E-state index is 0.0892. The highest BCUT2D eigenvalue weighted by molar-refractivity contribution is 6.30. The molecule has 5 rings (SSSR count). The molecular formula is C25H30ClF2N5O3. The molecule has 0 spiro atoms. The van der Waals surface area contributed by atoms with Crippen LogP contribution in [0, 0.1) is 23.2 Å². The Balaban J connectivity index is 1.52. The molecule has 3 N–H and O–H groups in total. The van der Waals surface area contributed by atoms with Crippen LogP contribution in [0.1, 0.15) is 45.4 Å². The van der Waals surface area contributed by atoms with Crippen molar-refractivity contribution in [1.82, 2.24) is 15.5 Å². The van der Waals surface area contributed by atoms with E-state index in [2.05, 4.69) is 16.0 Å². The first kappa shape index (κ1) is 26.1. The Morgan fingerprint density at radius 2 is 2.11 bits per heavy atom. The van der Waals surface area contributed by atoms with Crippen LogP contribution in [0.5, 0.6) is 0 Å². The zero-order valence-electron chi connectivity index (χ0n) is 20.0. The fourth-order valence-corrected chi connectivity index (χ4v) is 5.87. The Labute approximate surface area is 213 Å². The molecule has 3 aliphatic heterocycles. The van der Waals surface area contributed by atoms with Crippen molar-refractivity contribution in [1.29, 1.82) is 5.26 Å². The van der Waals surface area contributed by atoms with E-state index in [0.29, 0.717) is 30.1 Å². The minimum atomic E-state index is -3.10. The van der Waals surface area contributed by atoms with Crippen LogP contribution >= 0.6 is 11.6 Å². The Bertz CT molecular complexity index is 1060. The van der Waals surface area contributed by atoms with Crippen LogP contribution in [0.25, 0.3) is 0 Å². The highest BCUT2D eigenvalue weighted by Crippen LogP contribution is 2.49. The number of alkyl halides is 2. The molecule has 194 valence electrons. The molecule has 1 saturated carbocycles. The number of carbonyl (C=O) groups is 3. The van der Waals surface area contributed by atoms with Gasteiger partial charge in [-0.15, -0.1) is 0 Å². The number of nitriles is 1. The molecule has 6 atom stereocenters. The van der Waals surface area contributed by atoms with Crippen molar-refractivity contribution in [2.45, 2.75) is 75.5 Å². The molecule has 36 heavy (non-hydrogen) atoms. The van der Waals surface area contributed by atoms with Crippen molar-refractivity contribution in [2.75, 3.05) is 11.9 Å². The van der Waals surface area contributed by atoms with Crippen LogP contribution in [0.3, 0.4) is 0 Å². The van der Waals surface area contributed by atoms with Crippen molar-refractivity contribution in [2.24, 2.45) is 11.8 Å². The topological polar surface area (TPSA) is 114 Å². The summed E-state index contributed by atoms with van der Waals surface area (Å²) >= 11 is 6.02. The van der Waals surface area contributed by atoms with E-state index in [0.717, 1.165) is 6.42 Å². The lowest BCUT2D eigenvalue weighted by Gasteiger charge is -2.54. The SMILES string of the molecule is C[C@@H](Nc1cccc(Cl)c1)C(=O)N1[C@H]2CC[C@@H]([C@@H]1C(=O)N[C@H](C#N)C[C@@H]1CCCNC1=O)C(F)(F)C2. The van der Waals surface area contributed by atoms with Crippen molar-refractivity contribution in [3.8, 4) is 6.07 Å². The van der Waals surface area contributed by atoms with Crippen LogP contribution in [0.2, 0.25) is 5.02 Å². The Hall–Kier alpha value is -2.93. The monoisotopic (exact) mass is 521 g/mol. The van der Waals surface area contributed by atoms with Crippen LogP contribution in [-0.4, -0.2) is 59.3 Å². The second kappa shape index (κ2) is 10.6. The second-order valence-corrected chi connectivity index (χ2v) is 10.4. The number of hydrogen-bond acceptors (Lipinski definition) is 5. The number of anilines is 1. The number of nitrogens with one attached hydrogen (secondary N) is 3. The second-order valence-electron chi connectivity index (χ2n) is 9.93. The van der Waals surface area contributed by atoms with E-state index < -0.39 is 60.2 Å². The molecule has 3 heterocycles. The lowest BCUT2D eigenvalue weighted by atomic mass is 9.71. The first-order chi connectivity index (χ1) is 17.1. The van der Waals surface area contributed by atoms with Gasteiger partial charge in [0.1, 0.15) is 18.1 Å². The van der Waals surface area contributed by atoms with Crippen LogP contribution in [0.4, 0.5) is 14.5 Å². The van der Waals surface area contributed by atoms with Crippen molar-refractivity contribution in [3.63, 3.8) is 0 Å². The van der Waals surface area contributed by atoms with Gasteiger partial charge in [-0.3, -0.25) is 14.4 Å². The van der Waals surface area contributed by atoms with E-state index in [9.17, 15) is 28.4 Å². The van der Waals surface area contributed by atoms with E-state index >= 15 is 0 Å². The number of piperidine rings is 3. The molecule has 8 nitrogen and oxygen atoms in total. The summed E-state index contributed by atoms with van der Waals surface area (Å²) in [5.41, 5.74) is 0.590.